The highest BCUT2D eigenvalue weighted by atomic mass is 19.2. The molecule has 0 aromatic heterocycles. The maximum absolute atomic E-state index is 13.7. The fourth-order valence-electron chi connectivity index (χ4n) is 1.32. The first-order valence-corrected chi connectivity index (χ1v) is 5.78. The molecular formula is C13H13F4NO3. The summed E-state index contributed by atoms with van der Waals surface area (Å²) in [5.74, 6) is -10.1. The average molecular weight is 307 g/mol. The lowest BCUT2D eigenvalue weighted by Crippen LogP contribution is -2.29. The largest absolute Gasteiger partial charge is 0.465 e. The summed E-state index contributed by atoms with van der Waals surface area (Å²) in [5.41, 5.74) is -3.84. The lowest BCUT2D eigenvalue weighted by Gasteiger charge is -2.19. The number of anilines is 1. The highest BCUT2D eigenvalue weighted by molar-refractivity contribution is 5.96. The molecule has 0 aliphatic heterocycles. The van der Waals surface area contributed by atoms with Gasteiger partial charge in [0, 0.05) is 5.41 Å². The SMILES string of the molecule is COC(=O)c1c(F)c(F)c(NC(=O)C(C)(C)C)c(F)c1F. The van der Waals surface area contributed by atoms with Crippen LogP contribution in [0.5, 0.6) is 0 Å². The normalized spacial score (nSPS) is 11.2. The van der Waals surface area contributed by atoms with E-state index in [0.717, 1.165) is 7.11 Å². The minimum Gasteiger partial charge on any atom is -0.465 e. The average Bonchev–Trinajstić information content (AvgIpc) is 2.39. The Morgan fingerprint density at radius 1 is 0.952 bits per heavy atom. The maximum Gasteiger partial charge on any atom is 0.344 e. The third-order valence-corrected chi connectivity index (χ3v) is 2.57. The summed E-state index contributed by atoms with van der Waals surface area (Å²) in [5, 5.41) is 1.76. The Morgan fingerprint density at radius 3 is 1.71 bits per heavy atom. The number of nitrogens with one attached hydrogen (secondary N) is 1. The van der Waals surface area contributed by atoms with E-state index in [1.54, 1.807) is 5.32 Å². The van der Waals surface area contributed by atoms with Crippen molar-refractivity contribution in [1.82, 2.24) is 0 Å². The van der Waals surface area contributed by atoms with Crippen molar-refractivity contribution in [3.05, 3.63) is 28.8 Å². The molecule has 0 bridgehead atoms. The lowest BCUT2D eigenvalue weighted by atomic mass is 9.95. The Labute approximate surface area is 118 Å². The predicted octanol–water partition coefficient (Wildman–Crippen LogP) is 3.01. The Balaban J connectivity index is 3.45. The number of methoxy groups -OCH3 is 1. The van der Waals surface area contributed by atoms with Gasteiger partial charge in [-0.25, -0.2) is 22.4 Å². The van der Waals surface area contributed by atoms with Crippen LogP contribution in [0.1, 0.15) is 31.1 Å². The van der Waals surface area contributed by atoms with Crippen LogP contribution in [-0.4, -0.2) is 19.0 Å². The molecule has 0 aliphatic rings. The van der Waals surface area contributed by atoms with Gasteiger partial charge in [0.2, 0.25) is 5.91 Å². The number of carbonyl (C=O) groups is 2. The molecule has 1 amide bonds. The summed E-state index contributed by atoms with van der Waals surface area (Å²) >= 11 is 0. The molecule has 21 heavy (non-hydrogen) atoms. The maximum atomic E-state index is 13.7. The van der Waals surface area contributed by atoms with Gasteiger partial charge in [-0.1, -0.05) is 20.8 Å². The molecule has 0 saturated heterocycles. The molecule has 4 nitrogen and oxygen atoms in total. The highest BCUT2D eigenvalue weighted by Gasteiger charge is 2.32. The number of esters is 1. The minimum absolute atomic E-state index is 0.798. The van der Waals surface area contributed by atoms with E-state index < -0.39 is 51.8 Å². The number of carbonyl (C=O) groups excluding carboxylic acids is 2. The van der Waals surface area contributed by atoms with Crippen molar-refractivity contribution in [3.63, 3.8) is 0 Å². The second-order valence-corrected chi connectivity index (χ2v) is 5.20. The van der Waals surface area contributed by atoms with Crippen LogP contribution >= 0.6 is 0 Å². The number of halogens is 4. The van der Waals surface area contributed by atoms with E-state index in [-0.39, 0.29) is 0 Å². The molecule has 1 aromatic carbocycles. The van der Waals surface area contributed by atoms with Crippen molar-refractivity contribution in [3.8, 4) is 0 Å². The van der Waals surface area contributed by atoms with Crippen LogP contribution in [0.2, 0.25) is 0 Å². The minimum atomic E-state index is -1.94. The number of benzene rings is 1. The number of hydrogen-bond donors (Lipinski definition) is 1. The second-order valence-electron chi connectivity index (χ2n) is 5.20. The molecule has 0 radical (unpaired) electrons. The van der Waals surface area contributed by atoms with Crippen molar-refractivity contribution in [1.29, 1.82) is 0 Å². The molecule has 0 saturated carbocycles. The summed E-state index contributed by atoms with van der Waals surface area (Å²) in [4.78, 5) is 22.8. The standard InChI is InChI=1S/C13H13F4NO3/c1-13(2,3)12(20)18-10-8(16)6(14)5(11(19)21-4)7(15)9(10)17/h1-4H3,(H,18,20). The second kappa shape index (κ2) is 5.71. The van der Waals surface area contributed by atoms with E-state index in [9.17, 15) is 27.2 Å². The third kappa shape index (κ3) is 3.14. The van der Waals surface area contributed by atoms with Crippen LogP contribution < -0.4 is 5.32 Å². The molecule has 1 N–H and O–H groups in total. The molecular weight excluding hydrogens is 294 g/mol. The molecule has 0 aliphatic carbocycles. The van der Waals surface area contributed by atoms with E-state index in [0.29, 0.717) is 0 Å². The van der Waals surface area contributed by atoms with Gasteiger partial charge >= 0.3 is 5.97 Å². The summed E-state index contributed by atoms with van der Waals surface area (Å²) in [6.07, 6.45) is 0. The van der Waals surface area contributed by atoms with Crippen molar-refractivity contribution in [2.75, 3.05) is 12.4 Å². The predicted molar refractivity (Wildman–Crippen MR) is 65.7 cm³/mol. The van der Waals surface area contributed by atoms with E-state index in [1.807, 2.05) is 0 Å². The number of ether oxygens (including phenoxy) is 1. The van der Waals surface area contributed by atoms with Gasteiger partial charge < -0.3 is 10.1 Å². The zero-order chi connectivity index (χ0) is 16.5. The first kappa shape index (κ1) is 16.9. The molecule has 1 rings (SSSR count). The lowest BCUT2D eigenvalue weighted by molar-refractivity contribution is -0.123. The molecule has 8 heteroatoms. The smallest absolute Gasteiger partial charge is 0.344 e. The van der Waals surface area contributed by atoms with Crippen LogP contribution in [0.3, 0.4) is 0 Å². The zero-order valence-corrected chi connectivity index (χ0v) is 11.7. The van der Waals surface area contributed by atoms with Crippen LogP contribution in [0.25, 0.3) is 0 Å². The van der Waals surface area contributed by atoms with Gasteiger partial charge in [-0.05, 0) is 0 Å². The Morgan fingerprint density at radius 2 is 1.38 bits per heavy atom. The van der Waals surface area contributed by atoms with E-state index in [2.05, 4.69) is 4.74 Å². The summed E-state index contributed by atoms with van der Waals surface area (Å²) < 4.78 is 58.8. The molecule has 0 spiro atoms. The van der Waals surface area contributed by atoms with Gasteiger partial charge in [-0.15, -0.1) is 0 Å². The monoisotopic (exact) mass is 307 g/mol. The van der Waals surface area contributed by atoms with Crippen molar-refractivity contribution in [2.24, 2.45) is 5.41 Å². The van der Waals surface area contributed by atoms with Crippen molar-refractivity contribution < 1.29 is 31.9 Å². The van der Waals surface area contributed by atoms with E-state index in [4.69, 9.17) is 0 Å². The van der Waals surface area contributed by atoms with E-state index in [1.165, 1.54) is 20.8 Å². The van der Waals surface area contributed by atoms with Gasteiger partial charge in [-0.2, -0.15) is 0 Å². The van der Waals surface area contributed by atoms with Crippen LogP contribution in [-0.2, 0) is 9.53 Å². The first-order valence-electron chi connectivity index (χ1n) is 5.78. The quantitative estimate of drug-likeness (QED) is 0.519. The molecule has 0 fully saturated rings. The number of hydrogen-bond acceptors (Lipinski definition) is 3. The van der Waals surface area contributed by atoms with Crippen molar-refractivity contribution >= 4 is 17.6 Å². The molecule has 0 atom stereocenters. The van der Waals surface area contributed by atoms with Gasteiger partial charge in [0.25, 0.3) is 0 Å². The topological polar surface area (TPSA) is 55.4 Å². The van der Waals surface area contributed by atoms with Crippen LogP contribution in [0, 0.1) is 28.7 Å². The zero-order valence-electron chi connectivity index (χ0n) is 11.7. The third-order valence-electron chi connectivity index (χ3n) is 2.57. The molecule has 116 valence electrons. The molecule has 0 unspecified atom stereocenters. The van der Waals surface area contributed by atoms with Gasteiger partial charge in [0.1, 0.15) is 11.3 Å². The summed E-state index contributed by atoms with van der Waals surface area (Å²) in [6.45, 7) is 4.31. The van der Waals surface area contributed by atoms with Gasteiger partial charge in [0.05, 0.1) is 7.11 Å². The Kier molecular flexibility index (Phi) is 4.60. The van der Waals surface area contributed by atoms with Crippen LogP contribution in [0.15, 0.2) is 0 Å². The molecule has 0 heterocycles. The fraction of sp³-hybridized carbons (Fsp3) is 0.385. The summed E-state index contributed by atoms with van der Waals surface area (Å²) in [6, 6.07) is 0. The first-order chi connectivity index (χ1) is 9.52. The Bertz CT molecular complexity index is 579. The van der Waals surface area contributed by atoms with Crippen molar-refractivity contribution in [2.45, 2.75) is 20.8 Å². The Hall–Kier alpha value is -2.12. The highest BCUT2D eigenvalue weighted by Crippen LogP contribution is 2.30. The van der Waals surface area contributed by atoms with Crippen LogP contribution in [0.4, 0.5) is 23.2 Å². The fourth-order valence-corrected chi connectivity index (χ4v) is 1.32. The molecule has 1 aromatic rings. The number of rotatable bonds is 2. The number of amides is 1. The van der Waals surface area contributed by atoms with Gasteiger partial charge in [-0.3, -0.25) is 4.79 Å². The van der Waals surface area contributed by atoms with Gasteiger partial charge in [0.15, 0.2) is 23.3 Å². The summed E-state index contributed by atoms with van der Waals surface area (Å²) in [7, 11) is 0.798. The van der Waals surface area contributed by atoms with E-state index >= 15 is 0 Å².